The zero-order chi connectivity index (χ0) is 31.2. The van der Waals surface area contributed by atoms with E-state index < -0.39 is 0 Å². The van der Waals surface area contributed by atoms with Crippen LogP contribution in [0.5, 0.6) is 0 Å². The van der Waals surface area contributed by atoms with Gasteiger partial charge in [0.25, 0.3) is 0 Å². The number of para-hydroxylation sites is 4. The Kier molecular flexibility index (Phi) is 12.9. The van der Waals surface area contributed by atoms with E-state index in [1.165, 1.54) is 112 Å². The average Bonchev–Trinajstić information content (AvgIpc) is 3.65. The molecule has 0 saturated carbocycles. The molecule has 5 aromatic rings. The van der Waals surface area contributed by atoms with Crippen LogP contribution in [0.15, 0.2) is 66.7 Å². The van der Waals surface area contributed by atoms with Gasteiger partial charge in [-0.25, -0.2) is 15.0 Å². The number of fused-ring (bicyclic) bond motifs is 10. The fourth-order valence-corrected chi connectivity index (χ4v) is 9.07. The Labute approximate surface area is 283 Å². The summed E-state index contributed by atoms with van der Waals surface area (Å²) in [7, 11) is 4.21. The molecule has 1 aliphatic heterocycles. The van der Waals surface area contributed by atoms with Crippen molar-refractivity contribution in [1.29, 1.82) is 0 Å². The van der Waals surface area contributed by atoms with E-state index in [0.717, 1.165) is 60.0 Å². The zero-order valence-electron chi connectivity index (χ0n) is 27.5. The highest BCUT2D eigenvalue weighted by atomic mass is 33.1. The minimum absolute atomic E-state index is 0.924. The Hall–Kier alpha value is -2.77. The van der Waals surface area contributed by atoms with Crippen LogP contribution in [-0.2, 0) is 13.1 Å². The summed E-state index contributed by atoms with van der Waals surface area (Å²) in [6.07, 6.45) is 21.2. The van der Waals surface area contributed by atoms with Crippen molar-refractivity contribution in [2.24, 2.45) is 0 Å². The number of nitrogens with zero attached hydrogens (tertiary/aromatic N) is 5. The Balaban J connectivity index is 1.21. The number of aryl methyl sites for hydroxylation is 2. The van der Waals surface area contributed by atoms with Gasteiger partial charge in [0.15, 0.2) is 11.6 Å². The van der Waals surface area contributed by atoms with Gasteiger partial charge in [-0.3, -0.25) is 0 Å². The minimum Gasteiger partial charge on any atom is -0.323 e. The van der Waals surface area contributed by atoms with Gasteiger partial charge in [-0.2, -0.15) is 0 Å². The summed E-state index contributed by atoms with van der Waals surface area (Å²) in [4.78, 5) is 15.5. The van der Waals surface area contributed by atoms with E-state index in [4.69, 9.17) is 15.0 Å². The van der Waals surface area contributed by atoms with E-state index in [-0.39, 0.29) is 0 Å². The molecular weight excluding hydrogens is 603 g/mol. The normalized spacial score (nSPS) is 17.8. The molecule has 0 atom stereocenters. The highest BCUT2D eigenvalue weighted by molar-refractivity contribution is 8.76. The van der Waals surface area contributed by atoms with Crippen molar-refractivity contribution in [1.82, 2.24) is 24.1 Å². The van der Waals surface area contributed by atoms with Crippen LogP contribution in [0.4, 0.5) is 0 Å². The maximum absolute atomic E-state index is 5.25. The average molecular weight is 654 g/mol. The second kappa shape index (κ2) is 18.0. The number of hydrogen-bond donors (Lipinski definition) is 0. The first-order valence-electron chi connectivity index (χ1n) is 18.0. The highest BCUT2D eigenvalue weighted by Gasteiger charge is 2.17. The fraction of sp³-hybridized carbons (Fsp3) is 0.513. The molecule has 0 spiro atoms. The standard InChI is InChI=1S/C39H51N5S2/c1-3-7-11-19-30-45-46-31-20-12-8-4-2-6-10-18-29-44-37-27-16-14-23-33(37)42-39(44)35-25-21-24-34(40-35)38-41-32-22-13-15-26-36(32)43(38)28-17-9-5-1/h13-16,21-27H,1-12,17-20,28-31H2. The van der Waals surface area contributed by atoms with Crippen molar-refractivity contribution < 1.29 is 0 Å². The van der Waals surface area contributed by atoms with Crippen LogP contribution in [0.25, 0.3) is 45.1 Å². The predicted molar refractivity (Wildman–Crippen MR) is 200 cm³/mol. The van der Waals surface area contributed by atoms with Crippen LogP contribution in [0, 0.1) is 0 Å². The fourth-order valence-electron chi connectivity index (χ4n) is 6.78. The lowest BCUT2D eigenvalue weighted by atomic mass is 10.1. The van der Waals surface area contributed by atoms with Crippen LogP contribution in [0.2, 0.25) is 0 Å². The molecular formula is C39H51N5S2. The quantitative estimate of drug-likeness (QED) is 0.156. The van der Waals surface area contributed by atoms with Crippen molar-refractivity contribution in [3.8, 4) is 23.0 Å². The summed E-state index contributed by atoms with van der Waals surface area (Å²) < 4.78 is 4.80. The number of imidazole rings is 2. The molecule has 3 aromatic heterocycles. The van der Waals surface area contributed by atoms with Crippen molar-refractivity contribution in [2.45, 2.75) is 116 Å². The van der Waals surface area contributed by atoms with Gasteiger partial charge >= 0.3 is 0 Å². The molecule has 0 N–H and O–H groups in total. The van der Waals surface area contributed by atoms with Crippen LogP contribution in [-0.4, -0.2) is 35.6 Å². The van der Waals surface area contributed by atoms with Crippen molar-refractivity contribution >= 4 is 43.7 Å². The third kappa shape index (κ3) is 8.97. The predicted octanol–water partition coefficient (Wildman–Crippen LogP) is 11.8. The van der Waals surface area contributed by atoms with Crippen molar-refractivity contribution in [3.63, 3.8) is 0 Å². The summed E-state index contributed by atoms with van der Waals surface area (Å²) >= 11 is 0. The molecule has 0 radical (unpaired) electrons. The minimum atomic E-state index is 0.924. The molecule has 1 aliphatic rings. The smallest absolute Gasteiger partial charge is 0.159 e. The molecule has 0 fully saturated rings. The summed E-state index contributed by atoms with van der Waals surface area (Å²) in [5, 5.41) is 0. The molecule has 4 heterocycles. The van der Waals surface area contributed by atoms with E-state index >= 15 is 0 Å². The summed E-state index contributed by atoms with van der Waals surface area (Å²) in [5.74, 6) is 4.57. The van der Waals surface area contributed by atoms with E-state index in [2.05, 4.69) is 97.5 Å². The number of rotatable bonds is 0. The number of aromatic nitrogens is 5. The lowest BCUT2D eigenvalue weighted by molar-refractivity contribution is 0.549. The van der Waals surface area contributed by atoms with Crippen molar-refractivity contribution in [2.75, 3.05) is 11.5 Å². The lowest BCUT2D eigenvalue weighted by Gasteiger charge is -2.12. The molecule has 0 unspecified atom stereocenters. The number of hydrogen-bond acceptors (Lipinski definition) is 5. The first kappa shape index (κ1) is 33.1. The third-order valence-electron chi connectivity index (χ3n) is 9.32. The maximum atomic E-state index is 5.25. The van der Waals surface area contributed by atoms with Gasteiger partial charge in [0.1, 0.15) is 11.4 Å². The van der Waals surface area contributed by atoms with E-state index in [0.29, 0.717) is 0 Å². The number of benzene rings is 2. The van der Waals surface area contributed by atoms with Gasteiger partial charge in [0, 0.05) is 24.6 Å². The molecule has 7 heteroatoms. The van der Waals surface area contributed by atoms with Gasteiger partial charge in [-0.15, -0.1) is 0 Å². The summed E-state index contributed by atoms with van der Waals surface area (Å²) in [5.41, 5.74) is 6.33. The van der Waals surface area contributed by atoms with Gasteiger partial charge in [0.05, 0.1) is 22.1 Å². The largest absolute Gasteiger partial charge is 0.323 e. The maximum Gasteiger partial charge on any atom is 0.159 e. The molecule has 46 heavy (non-hydrogen) atoms. The third-order valence-corrected chi connectivity index (χ3v) is 11.9. The Morgan fingerprint density at radius 1 is 0.391 bits per heavy atom. The Morgan fingerprint density at radius 2 is 0.783 bits per heavy atom. The summed E-state index contributed by atoms with van der Waals surface area (Å²) in [6.45, 7) is 1.93. The van der Waals surface area contributed by atoms with E-state index in [1.54, 1.807) is 0 Å². The highest BCUT2D eigenvalue weighted by Crippen LogP contribution is 2.29. The van der Waals surface area contributed by atoms with Gasteiger partial charge in [-0.1, -0.05) is 129 Å². The van der Waals surface area contributed by atoms with Gasteiger partial charge < -0.3 is 9.13 Å². The molecule has 2 bridgehead atoms. The van der Waals surface area contributed by atoms with Crippen LogP contribution in [0.1, 0.15) is 103 Å². The Morgan fingerprint density at radius 3 is 1.24 bits per heavy atom. The second-order valence-electron chi connectivity index (χ2n) is 12.9. The van der Waals surface area contributed by atoms with Gasteiger partial charge in [-0.05, 0) is 62.1 Å². The zero-order valence-corrected chi connectivity index (χ0v) is 29.2. The molecule has 0 amide bonds. The van der Waals surface area contributed by atoms with Crippen LogP contribution in [0.3, 0.4) is 0 Å². The van der Waals surface area contributed by atoms with E-state index in [1.807, 2.05) is 0 Å². The molecule has 5 nitrogen and oxygen atoms in total. The molecule has 0 saturated heterocycles. The monoisotopic (exact) mass is 653 g/mol. The van der Waals surface area contributed by atoms with Crippen LogP contribution >= 0.6 is 21.6 Å². The van der Waals surface area contributed by atoms with Crippen molar-refractivity contribution in [3.05, 3.63) is 66.7 Å². The lowest BCUT2D eigenvalue weighted by Crippen LogP contribution is -2.04. The van der Waals surface area contributed by atoms with Gasteiger partial charge in [0.2, 0.25) is 0 Å². The number of pyridine rings is 1. The molecule has 0 aliphatic carbocycles. The molecule has 244 valence electrons. The first-order chi connectivity index (χ1) is 22.9. The first-order valence-corrected chi connectivity index (χ1v) is 20.5. The topological polar surface area (TPSA) is 48.5 Å². The van der Waals surface area contributed by atoms with Crippen LogP contribution < -0.4 is 0 Å². The van der Waals surface area contributed by atoms with E-state index in [9.17, 15) is 0 Å². The molecule has 2 aromatic carbocycles. The SMILES string of the molecule is c1cc2nc(c1)-c1nc3ccccc3n1CCCCCCCCCCSSCCCCCCCCCCn1c-2nc2ccccc21. The summed E-state index contributed by atoms with van der Waals surface area (Å²) in [6, 6.07) is 23.5. The Bertz CT molecular complexity index is 1520. The second-order valence-corrected chi connectivity index (χ2v) is 15.6. The molecule has 6 rings (SSSR count).